The van der Waals surface area contributed by atoms with Crippen LogP contribution in [0.25, 0.3) is 5.69 Å². The normalized spacial score (nSPS) is 19.0. The first-order chi connectivity index (χ1) is 20.2. The SMILES string of the molecule is N[C@H]1CCN2CCN(c3c(NC(=O)c4ccn(-c5ccnnc5)n4)ccc(Oc4ccccc4F)c3C(F)(F)F)C[C@H]12. The Bertz CT molecular complexity index is 1600. The molecule has 2 aliphatic heterocycles. The Morgan fingerprint density at radius 3 is 2.62 bits per heavy atom. The molecule has 4 aromatic rings. The third-order valence-electron chi connectivity index (χ3n) is 7.48. The fourth-order valence-electron chi connectivity index (χ4n) is 5.44. The smallest absolute Gasteiger partial charge is 0.422 e. The average molecular weight is 583 g/mol. The van der Waals surface area contributed by atoms with Crippen LogP contribution >= 0.6 is 0 Å². The highest BCUT2D eigenvalue weighted by Crippen LogP contribution is 2.48. The standard InChI is InChI=1S/C28H26F4N8O2/c29-18-3-1-2-4-23(18)42-24-6-5-20(36-27(41)21-9-12-40(37-21)17-7-10-34-35-15-17)26(25(24)28(30,31)32)39-14-13-38-11-8-19(33)22(38)16-39/h1-7,9-10,12,15,19,22H,8,11,13-14,16,33H2,(H,36,41)/t19-,22+/m0/s1. The van der Waals surface area contributed by atoms with Crippen molar-refractivity contribution in [2.24, 2.45) is 5.73 Å². The van der Waals surface area contributed by atoms with Gasteiger partial charge < -0.3 is 20.7 Å². The predicted molar refractivity (Wildman–Crippen MR) is 145 cm³/mol. The summed E-state index contributed by atoms with van der Waals surface area (Å²) in [5, 5.41) is 14.3. The number of fused-ring (bicyclic) bond motifs is 1. The molecule has 218 valence electrons. The van der Waals surface area contributed by atoms with Crippen LogP contribution < -0.4 is 20.7 Å². The number of ether oxygens (including phenoxy) is 1. The molecule has 0 unspecified atom stereocenters. The molecule has 4 heterocycles. The molecule has 2 aliphatic rings. The van der Waals surface area contributed by atoms with E-state index >= 15 is 0 Å². The van der Waals surface area contributed by atoms with Crippen molar-refractivity contribution in [3.63, 3.8) is 0 Å². The van der Waals surface area contributed by atoms with Crippen LogP contribution in [0.3, 0.4) is 0 Å². The Balaban J connectivity index is 1.41. The van der Waals surface area contributed by atoms with E-state index in [0.717, 1.165) is 25.1 Å². The average Bonchev–Trinajstić information content (AvgIpc) is 3.62. The van der Waals surface area contributed by atoms with Crippen LogP contribution in [-0.2, 0) is 6.18 Å². The monoisotopic (exact) mass is 582 g/mol. The fraction of sp³-hybridized carbons (Fsp3) is 0.286. The van der Waals surface area contributed by atoms with Gasteiger partial charge in [0, 0.05) is 44.5 Å². The molecule has 0 saturated carbocycles. The van der Waals surface area contributed by atoms with Gasteiger partial charge in [-0.1, -0.05) is 12.1 Å². The first kappa shape index (κ1) is 27.6. The van der Waals surface area contributed by atoms with Crippen LogP contribution in [0.2, 0.25) is 0 Å². The second-order valence-corrected chi connectivity index (χ2v) is 10.1. The Kier molecular flexibility index (Phi) is 7.24. The Hall–Kier alpha value is -4.56. The van der Waals surface area contributed by atoms with Crippen LogP contribution in [0.15, 0.2) is 67.1 Å². The van der Waals surface area contributed by atoms with Gasteiger partial charge in [-0.2, -0.15) is 28.5 Å². The largest absolute Gasteiger partial charge is 0.454 e. The molecular weight excluding hydrogens is 556 g/mol. The number of alkyl halides is 3. The Morgan fingerprint density at radius 2 is 1.86 bits per heavy atom. The van der Waals surface area contributed by atoms with Gasteiger partial charge >= 0.3 is 6.18 Å². The van der Waals surface area contributed by atoms with Gasteiger partial charge in [0.2, 0.25) is 0 Å². The van der Waals surface area contributed by atoms with Gasteiger partial charge in [0.1, 0.15) is 11.3 Å². The molecule has 2 saturated heterocycles. The molecule has 2 atom stereocenters. The minimum atomic E-state index is -4.92. The number of anilines is 2. The Labute approximate surface area is 237 Å². The third-order valence-corrected chi connectivity index (χ3v) is 7.48. The van der Waals surface area contributed by atoms with Gasteiger partial charge in [0.15, 0.2) is 17.3 Å². The summed E-state index contributed by atoms with van der Waals surface area (Å²) in [6.45, 7) is 1.72. The van der Waals surface area contributed by atoms with Crippen LogP contribution in [0.1, 0.15) is 22.5 Å². The maximum absolute atomic E-state index is 14.9. The zero-order valence-corrected chi connectivity index (χ0v) is 22.1. The number of halogens is 4. The number of rotatable bonds is 6. The van der Waals surface area contributed by atoms with Gasteiger partial charge in [0.25, 0.3) is 5.91 Å². The van der Waals surface area contributed by atoms with Crippen molar-refractivity contribution >= 4 is 17.3 Å². The molecule has 2 aromatic heterocycles. The molecule has 0 radical (unpaired) electrons. The van der Waals surface area contributed by atoms with Gasteiger partial charge in [0.05, 0.1) is 29.5 Å². The van der Waals surface area contributed by atoms with Gasteiger partial charge in [-0.3, -0.25) is 9.69 Å². The van der Waals surface area contributed by atoms with Crippen molar-refractivity contribution < 1.29 is 27.1 Å². The second kappa shape index (κ2) is 11.0. The van der Waals surface area contributed by atoms with Gasteiger partial charge in [-0.25, -0.2) is 9.07 Å². The molecule has 2 aromatic carbocycles. The number of piperazine rings is 1. The zero-order valence-electron chi connectivity index (χ0n) is 22.1. The number of hydrogen-bond donors (Lipinski definition) is 2. The van der Waals surface area contributed by atoms with Crippen molar-refractivity contribution in [2.75, 3.05) is 36.4 Å². The van der Waals surface area contributed by atoms with Crippen LogP contribution in [0.4, 0.5) is 28.9 Å². The molecule has 3 N–H and O–H groups in total. The number of para-hydroxylation sites is 1. The summed E-state index contributed by atoms with van der Waals surface area (Å²) in [5.41, 5.74) is 5.33. The van der Waals surface area contributed by atoms with Crippen molar-refractivity contribution in [1.29, 1.82) is 0 Å². The van der Waals surface area contributed by atoms with Crippen molar-refractivity contribution in [2.45, 2.75) is 24.7 Å². The molecule has 0 spiro atoms. The highest BCUT2D eigenvalue weighted by molar-refractivity contribution is 6.05. The predicted octanol–water partition coefficient (Wildman–Crippen LogP) is 4.09. The van der Waals surface area contributed by atoms with E-state index in [9.17, 15) is 22.4 Å². The summed E-state index contributed by atoms with van der Waals surface area (Å²) in [7, 11) is 0. The number of aromatic nitrogens is 4. The third kappa shape index (κ3) is 5.37. The van der Waals surface area contributed by atoms with Crippen LogP contribution in [0, 0.1) is 5.82 Å². The Morgan fingerprint density at radius 1 is 1.02 bits per heavy atom. The number of carbonyl (C=O) groups excluding carboxylic acids is 1. The lowest BCUT2D eigenvalue weighted by Gasteiger charge is -2.41. The lowest BCUT2D eigenvalue weighted by molar-refractivity contribution is -0.138. The second-order valence-electron chi connectivity index (χ2n) is 10.1. The van der Waals surface area contributed by atoms with Crippen molar-refractivity contribution in [1.82, 2.24) is 24.9 Å². The summed E-state index contributed by atoms with van der Waals surface area (Å²) in [4.78, 5) is 17.0. The number of carbonyl (C=O) groups is 1. The zero-order chi connectivity index (χ0) is 29.4. The van der Waals surface area contributed by atoms with Gasteiger partial charge in [-0.15, -0.1) is 0 Å². The number of hydrogen-bond acceptors (Lipinski definition) is 8. The highest BCUT2D eigenvalue weighted by atomic mass is 19.4. The molecule has 2 fully saturated rings. The van der Waals surface area contributed by atoms with E-state index in [0.29, 0.717) is 12.2 Å². The van der Waals surface area contributed by atoms with E-state index in [1.807, 2.05) is 0 Å². The van der Waals surface area contributed by atoms with Crippen LogP contribution in [0.5, 0.6) is 11.5 Å². The van der Waals surface area contributed by atoms with Gasteiger partial charge in [-0.05, 0) is 42.8 Å². The first-order valence-electron chi connectivity index (χ1n) is 13.2. The molecule has 1 amide bonds. The lowest BCUT2D eigenvalue weighted by atomic mass is 10.0. The summed E-state index contributed by atoms with van der Waals surface area (Å²) in [6, 6.07) is 10.3. The van der Waals surface area contributed by atoms with E-state index in [2.05, 4.69) is 25.5 Å². The summed E-state index contributed by atoms with van der Waals surface area (Å²) < 4.78 is 65.9. The topological polar surface area (TPSA) is 114 Å². The summed E-state index contributed by atoms with van der Waals surface area (Å²) in [6.07, 6.45) is 0.258. The summed E-state index contributed by atoms with van der Waals surface area (Å²) >= 11 is 0. The molecule has 0 bridgehead atoms. The highest BCUT2D eigenvalue weighted by Gasteiger charge is 2.43. The molecule has 42 heavy (non-hydrogen) atoms. The van der Waals surface area contributed by atoms with E-state index in [-0.39, 0.29) is 48.0 Å². The molecule has 0 aliphatic carbocycles. The van der Waals surface area contributed by atoms with E-state index in [1.54, 1.807) is 11.0 Å². The van der Waals surface area contributed by atoms with Crippen molar-refractivity contribution in [3.8, 4) is 17.2 Å². The molecule has 6 rings (SSSR count). The minimum absolute atomic E-state index is 0.0272. The van der Waals surface area contributed by atoms with E-state index in [1.165, 1.54) is 53.6 Å². The quantitative estimate of drug-likeness (QED) is 0.327. The molecule has 10 nitrogen and oxygen atoms in total. The van der Waals surface area contributed by atoms with E-state index < -0.39 is 29.2 Å². The minimum Gasteiger partial charge on any atom is -0.454 e. The fourth-order valence-corrected chi connectivity index (χ4v) is 5.44. The first-order valence-corrected chi connectivity index (χ1v) is 13.2. The summed E-state index contributed by atoms with van der Waals surface area (Å²) in [5.74, 6) is -2.48. The molecule has 14 heteroatoms. The molecular formula is C28H26F4N8O2. The number of nitrogens with zero attached hydrogens (tertiary/aromatic N) is 6. The number of nitrogens with two attached hydrogens (primary N) is 1. The number of nitrogens with one attached hydrogen (secondary N) is 1. The number of benzene rings is 2. The maximum atomic E-state index is 14.9. The van der Waals surface area contributed by atoms with Crippen molar-refractivity contribution in [3.05, 3.63) is 84.2 Å². The number of amides is 1. The van der Waals surface area contributed by atoms with Crippen LogP contribution in [-0.4, -0.2) is 69.0 Å². The maximum Gasteiger partial charge on any atom is 0.422 e. The van der Waals surface area contributed by atoms with E-state index in [4.69, 9.17) is 10.5 Å². The lowest BCUT2D eigenvalue weighted by Crippen LogP contribution is -2.55.